The molecule has 2 saturated heterocycles. The topological polar surface area (TPSA) is 24.5 Å². The largest absolute Gasteiger partial charge is 0.374 e. The number of ether oxygens (including phenoxy) is 1. The number of morpholine rings is 1. The molecule has 0 aliphatic carbocycles. The van der Waals surface area contributed by atoms with Crippen molar-refractivity contribution in [1.82, 2.24) is 10.2 Å². The summed E-state index contributed by atoms with van der Waals surface area (Å²) in [5, 5.41) is 3.24. The summed E-state index contributed by atoms with van der Waals surface area (Å²) in [6, 6.07) is 0. The number of halogens is 2. The van der Waals surface area contributed by atoms with Gasteiger partial charge in [-0.25, -0.2) is 8.78 Å². The average molecular weight is 220 g/mol. The van der Waals surface area contributed by atoms with E-state index < -0.39 is 5.92 Å². The summed E-state index contributed by atoms with van der Waals surface area (Å²) in [5.74, 6) is -2.44. The third-order valence-electron chi connectivity index (χ3n) is 3.05. The molecular formula is C10H18F2N2O. The van der Waals surface area contributed by atoms with Crippen molar-refractivity contribution in [1.29, 1.82) is 0 Å². The number of hydrogen-bond acceptors (Lipinski definition) is 3. The van der Waals surface area contributed by atoms with Gasteiger partial charge in [-0.1, -0.05) is 0 Å². The molecule has 0 spiro atoms. The smallest absolute Gasteiger partial charge is 0.250 e. The van der Waals surface area contributed by atoms with Gasteiger partial charge < -0.3 is 15.0 Å². The first-order valence-electron chi connectivity index (χ1n) is 5.58. The van der Waals surface area contributed by atoms with Crippen LogP contribution in [0.1, 0.15) is 12.8 Å². The number of likely N-dealkylation sites (tertiary alicyclic amines) is 1. The Hall–Kier alpha value is -0.260. The first-order valence-corrected chi connectivity index (χ1v) is 5.58. The number of hydrogen-bond donors (Lipinski definition) is 1. The molecule has 1 N–H and O–H groups in total. The second-order valence-corrected chi connectivity index (χ2v) is 4.35. The highest BCUT2D eigenvalue weighted by molar-refractivity contribution is 4.80. The Morgan fingerprint density at radius 3 is 2.67 bits per heavy atom. The summed E-state index contributed by atoms with van der Waals surface area (Å²) in [4.78, 5) is 2.08. The molecule has 1 unspecified atom stereocenters. The van der Waals surface area contributed by atoms with Gasteiger partial charge in [0.15, 0.2) is 0 Å². The highest BCUT2D eigenvalue weighted by Gasteiger charge is 2.34. The van der Waals surface area contributed by atoms with Crippen LogP contribution in [0.5, 0.6) is 0 Å². The average Bonchev–Trinajstić information content (AvgIpc) is 2.23. The lowest BCUT2D eigenvalue weighted by Crippen LogP contribution is -2.48. The summed E-state index contributed by atoms with van der Waals surface area (Å²) in [6.07, 6.45) is 0.158. The van der Waals surface area contributed by atoms with Gasteiger partial charge in [0.05, 0.1) is 12.7 Å². The van der Waals surface area contributed by atoms with Crippen LogP contribution in [0.15, 0.2) is 0 Å². The highest BCUT2D eigenvalue weighted by atomic mass is 19.3. The third-order valence-corrected chi connectivity index (χ3v) is 3.05. The summed E-state index contributed by atoms with van der Waals surface area (Å²) in [7, 11) is 0. The van der Waals surface area contributed by atoms with Gasteiger partial charge in [-0.3, -0.25) is 0 Å². The summed E-state index contributed by atoms with van der Waals surface area (Å²) < 4.78 is 31.3. The molecule has 0 saturated carbocycles. The van der Waals surface area contributed by atoms with Gasteiger partial charge in [0.2, 0.25) is 0 Å². The molecule has 2 aliphatic rings. The fraction of sp³-hybridized carbons (Fsp3) is 1.00. The number of alkyl halides is 2. The normalized spacial score (nSPS) is 32.8. The van der Waals surface area contributed by atoms with Crippen molar-refractivity contribution in [2.45, 2.75) is 24.9 Å². The Bertz CT molecular complexity index is 198. The molecule has 15 heavy (non-hydrogen) atoms. The van der Waals surface area contributed by atoms with E-state index in [1.807, 2.05) is 0 Å². The molecule has 0 aromatic rings. The van der Waals surface area contributed by atoms with Crippen molar-refractivity contribution in [2.24, 2.45) is 0 Å². The Labute approximate surface area is 88.8 Å². The molecule has 0 radical (unpaired) electrons. The van der Waals surface area contributed by atoms with Crippen LogP contribution in [0.25, 0.3) is 0 Å². The first-order chi connectivity index (χ1) is 7.16. The molecule has 0 amide bonds. The van der Waals surface area contributed by atoms with E-state index in [1.54, 1.807) is 0 Å². The number of nitrogens with one attached hydrogen (secondary N) is 1. The van der Waals surface area contributed by atoms with Crippen molar-refractivity contribution in [3.05, 3.63) is 0 Å². The predicted molar refractivity (Wildman–Crippen MR) is 53.2 cm³/mol. The minimum absolute atomic E-state index is 0.00680. The fourth-order valence-corrected chi connectivity index (χ4v) is 2.09. The monoisotopic (exact) mass is 220 g/mol. The van der Waals surface area contributed by atoms with E-state index in [1.165, 1.54) is 0 Å². The van der Waals surface area contributed by atoms with Crippen LogP contribution in [0.2, 0.25) is 0 Å². The van der Waals surface area contributed by atoms with Gasteiger partial charge in [-0.2, -0.15) is 0 Å². The van der Waals surface area contributed by atoms with Gasteiger partial charge in [0, 0.05) is 45.6 Å². The minimum atomic E-state index is -2.44. The number of rotatable bonds is 2. The number of piperidine rings is 1. The van der Waals surface area contributed by atoms with Crippen LogP contribution >= 0.6 is 0 Å². The van der Waals surface area contributed by atoms with E-state index in [0.29, 0.717) is 13.1 Å². The van der Waals surface area contributed by atoms with E-state index in [0.717, 1.165) is 26.2 Å². The van der Waals surface area contributed by atoms with Gasteiger partial charge in [0.25, 0.3) is 5.92 Å². The molecule has 0 aromatic carbocycles. The van der Waals surface area contributed by atoms with Gasteiger partial charge >= 0.3 is 0 Å². The second kappa shape index (κ2) is 4.72. The fourth-order valence-electron chi connectivity index (χ4n) is 2.09. The number of nitrogens with zero attached hydrogens (tertiary/aromatic N) is 1. The molecule has 88 valence electrons. The quantitative estimate of drug-likeness (QED) is 0.741. The van der Waals surface area contributed by atoms with Crippen LogP contribution in [0, 0.1) is 0 Å². The Balaban J connectivity index is 1.71. The molecule has 0 bridgehead atoms. The molecule has 2 fully saturated rings. The highest BCUT2D eigenvalue weighted by Crippen LogP contribution is 2.27. The zero-order valence-electron chi connectivity index (χ0n) is 8.85. The van der Waals surface area contributed by atoms with E-state index >= 15 is 0 Å². The summed E-state index contributed by atoms with van der Waals surface area (Å²) >= 11 is 0. The maximum Gasteiger partial charge on any atom is 0.250 e. The zero-order valence-corrected chi connectivity index (χ0v) is 8.85. The van der Waals surface area contributed by atoms with Crippen molar-refractivity contribution in [2.75, 3.05) is 39.3 Å². The second-order valence-electron chi connectivity index (χ2n) is 4.35. The Kier molecular flexibility index (Phi) is 3.53. The van der Waals surface area contributed by atoms with E-state index in [4.69, 9.17) is 4.74 Å². The van der Waals surface area contributed by atoms with Gasteiger partial charge in [0.1, 0.15) is 0 Å². The van der Waals surface area contributed by atoms with Crippen molar-refractivity contribution >= 4 is 0 Å². The molecule has 5 heteroatoms. The van der Waals surface area contributed by atoms with Gasteiger partial charge in [-0.05, 0) is 0 Å². The third kappa shape index (κ3) is 3.36. The van der Waals surface area contributed by atoms with Crippen molar-refractivity contribution in [3.63, 3.8) is 0 Å². The standard InChI is InChI=1S/C10H18F2N2O/c11-10(12)1-4-14(5-2-10)8-9-7-13-3-6-15-9/h9,13H,1-8H2. The summed E-state index contributed by atoms with van der Waals surface area (Å²) in [6.45, 7) is 4.24. The Morgan fingerprint density at radius 2 is 2.07 bits per heavy atom. The molecule has 2 aliphatic heterocycles. The predicted octanol–water partition coefficient (Wildman–Crippen LogP) is 0.706. The lowest BCUT2D eigenvalue weighted by molar-refractivity contribution is -0.0685. The van der Waals surface area contributed by atoms with Gasteiger partial charge in [-0.15, -0.1) is 0 Å². The maximum atomic E-state index is 12.9. The molecule has 1 atom stereocenters. The lowest BCUT2D eigenvalue weighted by atomic mass is 10.1. The molecule has 0 aromatic heterocycles. The van der Waals surface area contributed by atoms with Crippen molar-refractivity contribution in [3.8, 4) is 0 Å². The van der Waals surface area contributed by atoms with Crippen LogP contribution in [0.3, 0.4) is 0 Å². The molecular weight excluding hydrogens is 202 g/mol. The van der Waals surface area contributed by atoms with Crippen LogP contribution in [-0.2, 0) is 4.74 Å². The van der Waals surface area contributed by atoms with E-state index in [9.17, 15) is 8.78 Å². The SMILES string of the molecule is FC1(F)CCN(CC2CNCCO2)CC1. The Morgan fingerprint density at radius 1 is 1.33 bits per heavy atom. The zero-order chi connectivity index (χ0) is 10.7. The molecule has 2 rings (SSSR count). The lowest BCUT2D eigenvalue weighted by Gasteiger charge is -2.35. The van der Waals surface area contributed by atoms with Crippen molar-refractivity contribution < 1.29 is 13.5 Å². The maximum absolute atomic E-state index is 12.9. The minimum Gasteiger partial charge on any atom is -0.374 e. The molecule has 2 heterocycles. The van der Waals surface area contributed by atoms with Crippen LogP contribution in [0.4, 0.5) is 8.78 Å². The first kappa shape index (κ1) is 11.2. The van der Waals surface area contributed by atoms with E-state index in [-0.39, 0.29) is 18.9 Å². The molecule has 3 nitrogen and oxygen atoms in total. The summed E-state index contributed by atoms with van der Waals surface area (Å²) in [5.41, 5.74) is 0. The van der Waals surface area contributed by atoms with Crippen LogP contribution < -0.4 is 5.32 Å². The van der Waals surface area contributed by atoms with E-state index in [2.05, 4.69) is 10.2 Å². The van der Waals surface area contributed by atoms with Crippen LogP contribution in [-0.4, -0.2) is 56.3 Å².